The van der Waals surface area contributed by atoms with Gasteiger partial charge in [-0.1, -0.05) is 13.0 Å². The van der Waals surface area contributed by atoms with Crippen LogP contribution in [0.15, 0.2) is 18.2 Å². The Morgan fingerprint density at radius 1 is 1.53 bits per heavy atom. The van der Waals surface area contributed by atoms with Crippen molar-refractivity contribution in [3.63, 3.8) is 0 Å². The van der Waals surface area contributed by atoms with Crippen molar-refractivity contribution in [2.45, 2.75) is 19.9 Å². The lowest BCUT2D eigenvalue weighted by molar-refractivity contribution is -0.121. The number of hydrogen-bond donors (Lipinski definition) is 2. The second-order valence-corrected chi connectivity index (χ2v) is 4.57. The van der Waals surface area contributed by atoms with Gasteiger partial charge in [0.2, 0.25) is 5.91 Å². The molecule has 2 aromatic rings. The first kappa shape index (κ1) is 13.6. The van der Waals surface area contributed by atoms with E-state index in [2.05, 4.69) is 17.2 Å². The average Bonchev–Trinajstić information content (AvgIpc) is 2.73. The van der Waals surface area contributed by atoms with Gasteiger partial charge in [-0.05, 0) is 30.8 Å². The molecule has 0 bridgehead atoms. The SMILES string of the molecule is CCCOc1cccc2c1[nH]c(=S)n2CC(=O)NC. The van der Waals surface area contributed by atoms with Gasteiger partial charge in [0.15, 0.2) is 4.77 Å². The van der Waals surface area contributed by atoms with Gasteiger partial charge in [0.25, 0.3) is 0 Å². The van der Waals surface area contributed by atoms with Crippen LogP contribution in [0.25, 0.3) is 11.0 Å². The fourth-order valence-electron chi connectivity index (χ4n) is 1.87. The smallest absolute Gasteiger partial charge is 0.239 e. The third kappa shape index (κ3) is 2.78. The van der Waals surface area contributed by atoms with Crippen molar-refractivity contribution in [2.75, 3.05) is 13.7 Å². The first-order valence-electron chi connectivity index (χ1n) is 6.22. The van der Waals surface area contributed by atoms with Crippen LogP contribution in [0.4, 0.5) is 0 Å². The van der Waals surface area contributed by atoms with Crippen LogP contribution in [0.1, 0.15) is 13.3 Å². The number of para-hydroxylation sites is 1. The molecule has 1 amide bonds. The van der Waals surface area contributed by atoms with E-state index >= 15 is 0 Å². The number of carbonyl (C=O) groups excluding carboxylic acids is 1. The summed E-state index contributed by atoms with van der Waals surface area (Å²) in [6.45, 7) is 2.91. The number of nitrogens with zero attached hydrogens (tertiary/aromatic N) is 1. The molecule has 1 heterocycles. The zero-order valence-corrected chi connectivity index (χ0v) is 11.8. The number of amides is 1. The summed E-state index contributed by atoms with van der Waals surface area (Å²) in [4.78, 5) is 14.6. The lowest BCUT2D eigenvalue weighted by Gasteiger charge is -2.06. The molecule has 0 unspecified atom stereocenters. The van der Waals surface area contributed by atoms with Crippen LogP contribution in [0, 0.1) is 4.77 Å². The molecular weight excluding hydrogens is 262 g/mol. The van der Waals surface area contributed by atoms with Gasteiger partial charge in [0.05, 0.1) is 12.1 Å². The normalized spacial score (nSPS) is 10.6. The number of nitrogens with one attached hydrogen (secondary N) is 2. The largest absolute Gasteiger partial charge is 0.491 e. The van der Waals surface area contributed by atoms with Crippen molar-refractivity contribution in [2.24, 2.45) is 0 Å². The van der Waals surface area contributed by atoms with Gasteiger partial charge in [-0.15, -0.1) is 0 Å². The summed E-state index contributed by atoms with van der Waals surface area (Å²) in [5, 5.41) is 2.59. The number of rotatable bonds is 5. The van der Waals surface area contributed by atoms with E-state index in [4.69, 9.17) is 17.0 Å². The molecule has 0 atom stereocenters. The predicted molar refractivity (Wildman–Crippen MR) is 77.0 cm³/mol. The van der Waals surface area contributed by atoms with E-state index in [0.717, 1.165) is 23.2 Å². The molecule has 0 aliphatic rings. The van der Waals surface area contributed by atoms with Crippen LogP contribution in [-0.2, 0) is 11.3 Å². The van der Waals surface area contributed by atoms with Gasteiger partial charge in [-0.2, -0.15) is 0 Å². The number of likely N-dealkylation sites (N-methyl/N-ethyl adjacent to an activating group) is 1. The Balaban J connectivity index is 2.46. The molecule has 0 saturated heterocycles. The summed E-state index contributed by atoms with van der Waals surface area (Å²) < 4.78 is 7.96. The molecule has 0 saturated carbocycles. The Morgan fingerprint density at radius 2 is 2.32 bits per heavy atom. The van der Waals surface area contributed by atoms with E-state index in [1.54, 1.807) is 11.6 Å². The third-order valence-electron chi connectivity index (χ3n) is 2.81. The number of ether oxygens (including phenoxy) is 1. The number of benzene rings is 1. The van der Waals surface area contributed by atoms with E-state index < -0.39 is 0 Å². The molecule has 0 radical (unpaired) electrons. The minimum Gasteiger partial charge on any atom is -0.491 e. The van der Waals surface area contributed by atoms with Crippen molar-refractivity contribution in [3.8, 4) is 5.75 Å². The minimum absolute atomic E-state index is 0.0862. The van der Waals surface area contributed by atoms with Gasteiger partial charge < -0.3 is 19.6 Å². The monoisotopic (exact) mass is 279 g/mol. The van der Waals surface area contributed by atoms with Crippen LogP contribution < -0.4 is 10.1 Å². The van der Waals surface area contributed by atoms with Crippen LogP contribution >= 0.6 is 12.2 Å². The quantitative estimate of drug-likeness (QED) is 0.825. The van der Waals surface area contributed by atoms with E-state index in [0.29, 0.717) is 11.4 Å². The molecule has 2 N–H and O–H groups in total. The summed E-state index contributed by atoms with van der Waals surface area (Å²) in [5.41, 5.74) is 1.71. The van der Waals surface area contributed by atoms with Crippen molar-refractivity contribution >= 4 is 29.2 Å². The number of carbonyl (C=O) groups is 1. The molecule has 0 fully saturated rings. The molecule has 1 aromatic carbocycles. The Bertz CT molecular complexity index is 645. The third-order valence-corrected chi connectivity index (χ3v) is 3.14. The van der Waals surface area contributed by atoms with Crippen LogP contribution in [0.5, 0.6) is 5.75 Å². The average molecular weight is 279 g/mol. The molecule has 2 rings (SSSR count). The first-order valence-corrected chi connectivity index (χ1v) is 6.63. The predicted octanol–water partition coefficient (Wildman–Crippen LogP) is 2.23. The second-order valence-electron chi connectivity index (χ2n) is 4.19. The van der Waals surface area contributed by atoms with Gasteiger partial charge in [-0.25, -0.2) is 0 Å². The maximum atomic E-state index is 11.5. The zero-order chi connectivity index (χ0) is 13.8. The summed E-state index contributed by atoms with van der Waals surface area (Å²) in [6, 6.07) is 5.72. The highest BCUT2D eigenvalue weighted by Gasteiger charge is 2.11. The topological polar surface area (TPSA) is 59.0 Å². The van der Waals surface area contributed by atoms with Crippen molar-refractivity contribution < 1.29 is 9.53 Å². The summed E-state index contributed by atoms with van der Waals surface area (Å²) >= 11 is 5.26. The number of imidazole rings is 1. The highest BCUT2D eigenvalue weighted by molar-refractivity contribution is 7.71. The summed E-state index contributed by atoms with van der Waals surface area (Å²) in [5.74, 6) is 0.679. The molecule has 0 spiro atoms. The fourth-order valence-corrected chi connectivity index (χ4v) is 2.13. The number of fused-ring (bicyclic) bond motifs is 1. The van der Waals surface area contributed by atoms with Crippen molar-refractivity contribution in [3.05, 3.63) is 23.0 Å². The van der Waals surface area contributed by atoms with E-state index in [1.165, 1.54) is 0 Å². The summed E-state index contributed by atoms with van der Waals surface area (Å²) in [7, 11) is 1.61. The standard InChI is InChI=1S/C13H17N3O2S/c1-3-7-18-10-6-4-5-9-12(10)15-13(19)16(9)8-11(17)14-2/h4-6H,3,7-8H2,1-2H3,(H,14,17)(H,15,19). The Labute approximate surface area is 116 Å². The van der Waals surface area contributed by atoms with Gasteiger partial charge in [0, 0.05) is 7.05 Å². The number of H-pyrrole nitrogens is 1. The molecule has 102 valence electrons. The molecule has 5 nitrogen and oxygen atoms in total. The van der Waals surface area contributed by atoms with Gasteiger partial charge in [0.1, 0.15) is 17.8 Å². The van der Waals surface area contributed by atoms with Crippen LogP contribution in [0.2, 0.25) is 0 Å². The summed E-state index contributed by atoms with van der Waals surface area (Å²) in [6.07, 6.45) is 0.941. The number of aromatic nitrogens is 2. The number of aromatic amines is 1. The molecular formula is C13H17N3O2S. The lowest BCUT2D eigenvalue weighted by Crippen LogP contribution is -2.23. The van der Waals surface area contributed by atoms with E-state index in [-0.39, 0.29) is 12.5 Å². The maximum Gasteiger partial charge on any atom is 0.239 e. The van der Waals surface area contributed by atoms with Gasteiger partial charge in [-0.3, -0.25) is 4.79 Å². The fraction of sp³-hybridized carbons (Fsp3) is 0.385. The van der Waals surface area contributed by atoms with Crippen molar-refractivity contribution in [1.29, 1.82) is 0 Å². The minimum atomic E-state index is -0.0862. The molecule has 1 aromatic heterocycles. The Morgan fingerprint density at radius 3 is 3.00 bits per heavy atom. The second kappa shape index (κ2) is 5.88. The lowest BCUT2D eigenvalue weighted by atomic mass is 10.3. The number of hydrogen-bond acceptors (Lipinski definition) is 3. The Kier molecular flexibility index (Phi) is 4.21. The van der Waals surface area contributed by atoms with Crippen LogP contribution in [0.3, 0.4) is 0 Å². The molecule has 6 heteroatoms. The maximum absolute atomic E-state index is 11.5. The first-order chi connectivity index (χ1) is 9.17. The van der Waals surface area contributed by atoms with E-state index in [9.17, 15) is 4.79 Å². The van der Waals surface area contributed by atoms with Gasteiger partial charge >= 0.3 is 0 Å². The van der Waals surface area contributed by atoms with Crippen molar-refractivity contribution in [1.82, 2.24) is 14.9 Å². The molecule has 19 heavy (non-hydrogen) atoms. The zero-order valence-electron chi connectivity index (χ0n) is 11.0. The van der Waals surface area contributed by atoms with Crippen LogP contribution in [-0.4, -0.2) is 29.1 Å². The molecule has 0 aliphatic heterocycles. The molecule has 0 aliphatic carbocycles. The highest BCUT2D eigenvalue weighted by Crippen LogP contribution is 2.25. The Hall–Kier alpha value is -1.82. The highest BCUT2D eigenvalue weighted by atomic mass is 32.1. The van der Waals surface area contributed by atoms with E-state index in [1.807, 2.05) is 18.2 Å².